The van der Waals surface area contributed by atoms with E-state index in [0.717, 1.165) is 186 Å². The molecule has 498 valence electrons. The van der Waals surface area contributed by atoms with Crippen LogP contribution < -0.4 is 26.2 Å². The lowest BCUT2D eigenvalue weighted by Crippen LogP contribution is -2.61. The standard InChI is InChI=1S/C101H60BN5S/c103-61-62-44-49-92-84(50-62)79-40-20-21-41-89(79)105(92)70-55-97-101-98(56-70)107(91-43-23-19-39-78(91)83-52-68-29-11-13-33-72(68)74-35-15-17-37-76(74)83)96-58-86-81-48-46-66(64-26-6-2-7-27-64)54-99(81)108-100(86)60-88(96)102(101)87-59-94-85(80-47-45-65(63-24-4-1-5-25-63)53-93(80)104(94)69-30-8-3-9-31-69)57-95(87)106(97)90-42-22-18-38-77(90)82-51-67-28-10-12-32-71(67)73-34-14-16-36-75(73)82/h1-60H/i20D,21D,40D,41D,44D,49D,50D. The van der Waals surface area contributed by atoms with E-state index in [9.17, 15) is 14.9 Å². The minimum absolute atomic E-state index is 0.00270. The van der Waals surface area contributed by atoms with Crippen molar-refractivity contribution in [3.8, 4) is 62.0 Å². The first-order valence-electron chi connectivity index (χ1n) is 40.0. The SMILES string of the molecule is [2H]c1c([2H])c([2H])c2c(c1[2H])c1c([2H])c(C#N)c([2H])c([2H])c1n2-c1cc2c3c(c1)N(c1ccccc1-c1cc4ccccc4c4ccccc14)c1cc4c5ccc(-c6ccccc6)cc5n(-c5ccccc5)c4cc1B3c1cc3sc4cc(-c5ccccc5)ccc4c3cc1N2c1ccccc1-c1cc2ccccc2c2ccccc12. The fourth-order valence-corrected chi connectivity index (χ4v) is 19.2. The Hall–Kier alpha value is -14.0. The third-order valence-corrected chi connectivity index (χ3v) is 23.8. The van der Waals surface area contributed by atoms with Gasteiger partial charge >= 0.3 is 0 Å². The highest BCUT2D eigenvalue weighted by molar-refractivity contribution is 7.26. The van der Waals surface area contributed by atoms with Crippen molar-refractivity contribution < 1.29 is 9.60 Å². The summed E-state index contributed by atoms with van der Waals surface area (Å²) < 4.78 is 75.2. The summed E-state index contributed by atoms with van der Waals surface area (Å²) in [6.45, 7) is -0.556. The highest BCUT2D eigenvalue weighted by Gasteiger charge is 2.46. The molecule has 5 heterocycles. The zero-order chi connectivity index (χ0) is 76.9. The summed E-state index contributed by atoms with van der Waals surface area (Å²) >= 11 is 1.79. The number of benzene rings is 18. The van der Waals surface area contributed by atoms with Gasteiger partial charge in [-0.2, -0.15) is 5.26 Å². The summed E-state index contributed by atoms with van der Waals surface area (Å²) in [5, 5.41) is 23.8. The maximum atomic E-state index is 10.9. The van der Waals surface area contributed by atoms with E-state index < -0.39 is 49.0 Å². The second-order valence-electron chi connectivity index (χ2n) is 28.3. The molecule has 3 aromatic heterocycles. The third-order valence-electron chi connectivity index (χ3n) is 22.7. The van der Waals surface area contributed by atoms with Crippen LogP contribution in [0.1, 0.15) is 15.2 Å². The average Bonchev–Trinajstić information content (AvgIpc) is 1.67. The van der Waals surface area contributed by atoms with Crippen LogP contribution in [-0.2, 0) is 0 Å². The van der Waals surface area contributed by atoms with Gasteiger partial charge in [-0.1, -0.05) is 255 Å². The number of thiophene rings is 1. The lowest BCUT2D eigenvalue weighted by Gasteiger charge is -2.45. The largest absolute Gasteiger partial charge is 0.311 e. The molecule has 18 aromatic carbocycles. The zero-order valence-electron chi connectivity index (χ0n) is 64.8. The minimum Gasteiger partial charge on any atom is -0.311 e. The van der Waals surface area contributed by atoms with Crippen LogP contribution in [0.4, 0.5) is 34.1 Å². The first-order chi connectivity index (χ1) is 56.5. The molecule has 108 heavy (non-hydrogen) atoms. The molecular weight excluding hydrogens is 1330 g/mol. The number of para-hydroxylation sites is 4. The fourth-order valence-electron chi connectivity index (χ4n) is 18.1. The topological polar surface area (TPSA) is 40.1 Å². The van der Waals surface area contributed by atoms with Gasteiger partial charge in [0, 0.05) is 81.3 Å². The molecular formula is C101H60BN5S. The Balaban J connectivity index is 0.929. The van der Waals surface area contributed by atoms with Crippen LogP contribution in [0.3, 0.4) is 0 Å². The van der Waals surface area contributed by atoms with Crippen LogP contribution in [0.5, 0.6) is 0 Å². The van der Waals surface area contributed by atoms with E-state index in [0.29, 0.717) is 5.69 Å². The minimum atomic E-state index is -0.556. The molecule has 2 aliphatic heterocycles. The summed E-state index contributed by atoms with van der Waals surface area (Å²) in [7, 11) is 0. The van der Waals surface area contributed by atoms with Crippen molar-refractivity contribution in [2.45, 2.75) is 0 Å². The molecule has 7 heteroatoms. The van der Waals surface area contributed by atoms with Crippen molar-refractivity contribution in [3.05, 3.63) is 369 Å². The number of hydrogen-bond acceptors (Lipinski definition) is 4. The predicted molar refractivity (Wildman–Crippen MR) is 459 cm³/mol. The highest BCUT2D eigenvalue weighted by atomic mass is 32.1. The van der Waals surface area contributed by atoms with E-state index in [1.807, 2.05) is 0 Å². The number of nitrogens with zero attached hydrogens (tertiary/aromatic N) is 5. The highest BCUT2D eigenvalue weighted by Crippen LogP contribution is 2.54. The molecule has 0 saturated carbocycles. The number of anilines is 6. The molecule has 23 rings (SSSR count). The average molecular weight is 1390 g/mol. The van der Waals surface area contributed by atoms with Crippen molar-refractivity contribution in [3.63, 3.8) is 0 Å². The monoisotopic (exact) mass is 1390 g/mol. The molecule has 0 unspecified atom stereocenters. The number of hydrogen-bond donors (Lipinski definition) is 0. The molecule has 0 bridgehead atoms. The number of fused-ring (bicyclic) bond motifs is 19. The van der Waals surface area contributed by atoms with Gasteiger partial charge in [0.25, 0.3) is 6.71 Å². The van der Waals surface area contributed by atoms with Crippen molar-refractivity contribution in [1.82, 2.24) is 9.13 Å². The Morgan fingerprint density at radius 1 is 0.296 bits per heavy atom. The van der Waals surface area contributed by atoms with Crippen molar-refractivity contribution in [2.24, 2.45) is 0 Å². The molecule has 0 spiro atoms. The van der Waals surface area contributed by atoms with Gasteiger partial charge in [0.05, 0.1) is 60.4 Å². The van der Waals surface area contributed by atoms with E-state index in [-0.39, 0.29) is 27.4 Å². The van der Waals surface area contributed by atoms with Crippen LogP contribution in [0.2, 0.25) is 0 Å². The van der Waals surface area contributed by atoms with Crippen molar-refractivity contribution in [2.75, 3.05) is 9.80 Å². The second-order valence-corrected chi connectivity index (χ2v) is 29.4. The Labute approximate surface area is 636 Å². The van der Waals surface area contributed by atoms with Crippen LogP contribution in [0, 0.1) is 11.3 Å². The molecule has 0 amide bonds. The van der Waals surface area contributed by atoms with Gasteiger partial charge in [0.1, 0.15) is 0 Å². The molecule has 0 fully saturated rings. The maximum absolute atomic E-state index is 10.9. The van der Waals surface area contributed by atoms with Crippen molar-refractivity contribution in [1.29, 1.82) is 5.26 Å². The van der Waals surface area contributed by atoms with E-state index in [1.165, 1.54) is 0 Å². The van der Waals surface area contributed by atoms with Crippen molar-refractivity contribution >= 4 is 175 Å². The first-order valence-corrected chi connectivity index (χ1v) is 37.3. The van der Waals surface area contributed by atoms with Crippen LogP contribution in [0.25, 0.3) is 163 Å². The van der Waals surface area contributed by atoms with Crippen LogP contribution in [0.15, 0.2) is 364 Å². The van der Waals surface area contributed by atoms with E-state index in [2.05, 4.69) is 342 Å². The van der Waals surface area contributed by atoms with Gasteiger partial charge in [0.15, 0.2) is 0 Å². The fraction of sp³-hybridized carbons (Fsp3) is 0. The predicted octanol–water partition coefficient (Wildman–Crippen LogP) is 25.5. The van der Waals surface area contributed by atoms with E-state index in [4.69, 9.17) is 0 Å². The first kappa shape index (κ1) is 53.7. The smallest absolute Gasteiger partial charge is 0.252 e. The molecule has 0 aliphatic carbocycles. The third kappa shape index (κ3) is 8.93. The Kier molecular flexibility index (Phi) is 11.7. The maximum Gasteiger partial charge on any atom is 0.252 e. The lowest BCUT2D eigenvalue weighted by atomic mass is 9.33. The summed E-state index contributed by atoms with van der Waals surface area (Å²) in [6, 6.07) is 115. The van der Waals surface area contributed by atoms with Crippen LogP contribution in [-0.4, -0.2) is 15.8 Å². The van der Waals surface area contributed by atoms with Gasteiger partial charge in [-0.15, -0.1) is 11.3 Å². The summed E-state index contributed by atoms with van der Waals surface area (Å²) in [5.74, 6) is 0. The molecule has 0 saturated heterocycles. The number of nitriles is 1. The Morgan fingerprint density at radius 3 is 1.42 bits per heavy atom. The molecule has 5 nitrogen and oxygen atoms in total. The van der Waals surface area contributed by atoms with Gasteiger partial charge in [-0.25, -0.2) is 0 Å². The Morgan fingerprint density at radius 2 is 0.787 bits per heavy atom. The van der Waals surface area contributed by atoms with Crippen LogP contribution >= 0.6 is 11.3 Å². The molecule has 2 aliphatic rings. The molecule has 0 radical (unpaired) electrons. The molecule has 0 N–H and O–H groups in total. The molecule has 21 aromatic rings. The van der Waals surface area contributed by atoms with Gasteiger partial charge < -0.3 is 18.9 Å². The lowest BCUT2D eigenvalue weighted by molar-refractivity contribution is 1.16. The number of rotatable bonds is 8. The summed E-state index contributed by atoms with van der Waals surface area (Å²) in [5.41, 5.74) is 19.4. The summed E-state index contributed by atoms with van der Waals surface area (Å²) in [4.78, 5) is 4.85. The normalized spacial score (nSPS) is 13.5. The quantitative estimate of drug-likeness (QED) is 0.112. The van der Waals surface area contributed by atoms with Gasteiger partial charge in [0.2, 0.25) is 0 Å². The second kappa shape index (κ2) is 23.5. The molecule has 0 atom stereocenters. The van der Waals surface area contributed by atoms with E-state index >= 15 is 0 Å². The van der Waals surface area contributed by atoms with E-state index in [1.54, 1.807) is 15.9 Å². The van der Waals surface area contributed by atoms with Gasteiger partial charge in [-0.3, -0.25) is 0 Å². The van der Waals surface area contributed by atoms with Gasteiger partial charge in [-0.05, 0) is 202 Å². The zero-order valence-corrected chi connectivity index (χ0v) is 58.6. The number of aromatic nitrogens is 2. The summed E-state index contributed by atoms with van der Waals surface area (Å²) in [6.07, 6.45) is 0. The Bertz CT molecular complexity index is 7910.